The number of halogens is 3. The van der Waals surface area contributed by atoms with Gasteiger partial charge in [0.15, 0.2) is 9.84 Å². The van der Waals surface area contributed by atoms with Gasteiger partial charge in [-0.05, 0) is 12.1 Å². The summed E-state index contributed by atoms with van der Waals surface area (Å²) in [6.45, 7) is 0. The number of sulfone groups is 1. The van der Waals surface area contributed by atoms with E-state index in [4.69, 9.17) is 34.8 Å². The molecule has 1 aliphatic heterocycles. The van der Waals surface area contributed by atoms with E-state index in [1.165, 1.54) is 12.1 Å². The predicted octanol–water partition coefficient (Wildman–Crippen LogP) is 2.22. The van der Waals surface area contributed by atoms with Gasteiger partial charge in [0.1, 0.15) is 0 Å². The van der Waals surface area contributed by atoms with Gasteiger partial charge in [0.25, 0.3) is 0 Å². The van der Waals surface area contributed by atoms with Crippen LogP contribution < -0.4 is 5.32 Å². The van der Waals surface area contributed by atoms with Crippen molar-refractivity contribution < 1.29 is 13.5 Å². The summed E-state index contributed by atoms with van der Waals surface area (Å²) in [5, 5.41) is 13.5. The van der Waals surface area contributed by atoms with Gasteiger partial charge < -0.3 is 10.4 Å². The van der Waals surface area contributed by atoms with E-state index < -0.39 is 22.0 Å². The van der Waals surface area contributed by atoms with Crippen LogP contribution in [0.5, 0.6) is 0 Å². The lowest BCUT2D eigenvalue weighted by Crippen LogP contribution is -2.31. The first kappa shape index (κ1) is 14.2. The highest BCUT2D eigenvalue weighted by Crippen LogP contribution is 2.33. The first-order valence-electron chi connectivity index (χ1n) is 5.08. The van der Waals surface area contributed by atoms with Crippen LogP contribution in [0, 0.1) is 0 Å². The van der Waals surface area contributed by atoms with Crippen LogP contribution in [0.2, 0.25) is 15.1 Å². The van der Waals surface area contributed by atoms with E-state index in [1.807, 2.05) is 0 Å². The Kier molecular flexibility index (Phi) is 3.99. The normalized spacial score (nSPS) is 26.2. The lowest BCUT2D eigenvalue weighted by atomic mass is 10.2. The molecule has 1 aromatic carbocycles. The Morgan fingerprint density at radius 3 is 2.28 bits per heavy atom. The van der Waals surface area contributed by atoms with E-state index in [9.17, 15) is 13.5 Å². The van der Waals surface area contributed by atoms with Crippen molar-refractivity contribution in [1.82, 2.24) is 0 Å². The van der Waals surface area contributed by atoms with Crippen molar-refractivity contribution >= 4 is 50.3 Å². The molecule has 0 amide bonds. The second-order valence-electron chi connectivity index (χ2n) is 4.14. The average Bonchev–Trinajstić information content (AvgIpc) is 2.48. The quantitative estimate of drug-likeness (QED) is 0.816. The van der Waals surface area contributed by atoms with Crippen LogP contribution in [0.1, 0.15) is 0 Å². The SMILES string of the molecule is O=S1(=O)C[C@H](O)[C@H](Nc2cc(Cl)c(Cl)cc2Cl)C1. The molecule has 0 aliphatic carbocycles. The van der Waals surface area contributed by atoms with Crippen molar-refractivity contribution in [2.45, 2.75) is 12.1 Å². The maximum atomic E-state index is 11.4. The van der Waals surface area contributed by atoms with Crippen molar-refractivity contribution in [1.29, 1.82) is 0 Å². The average molecular weight is 331 g/mol. The summed E-state index contributed by atoms with van der Waals surface area (Å²) in [7, 11) is -3.21. The molecule has 8 heteroatoms. The molecule has 1 heterocycles. The standard InChI is InChI=1S/C10H10Cl3NO3S/c11-5-1-7(13)8(2-6(5)12)14-9-3-18(16,17)4-10(9)15/h1-2,9-10,14-15H,3-4H2/t9-,10+/m1/s1. The Hall–Kier alpha value is -0.200. The molecule has 0 bridgehead atoms. The second-order valence-corrected chi connectivity index (χ2v) is 7.52. The molecule has 100 valence electrons. The Labute approximate surface area is 120 Å². The van der Waals surface area contributed by atoms with Gasteiger partial charge >= 0.3 is 0 Å². The van der Waals surface area contributed by atoms with E-state index in [2.05, 4.69) is 5.32 Å². The van der Waals surface area contributed by atoms with Crippen molar-refractivity contribution in [2.24, 2.45) is 0 Å². The van der Waals surface area contributed by atoms with Gasteiger partial charge in [-0.25, -0.2) is 8.42 Å². The van der Waals surface area contributed by atoms with Gasteiger partial charge in [-0.3, -0.25) is 0 Å². The predicted molar refractivity (Wildman–Crippen MR) is 73.5 cm³/mol. The molecule has 0 aromatic heterocycles. The maximum Gasteiger partial charge on any atom is 0.155 e. The van der Waals surface area contributed by atoms with Crippen molar-refractivity contribution in [2.75, 3.05) is 16.8 Å². The Morgan fingerprint density at radius 1 is 1.11 bits per heavy atom. The number of benzene rings is 1. The maximum absolute atomic E-state index is 11.4. The minimum absolute atomic E-state index is 0.134. The summed E-state index contributed by atoms with van der Waals surface area (Å²) in [6, 6.07) is 2.37. The Balaban J connectivity index is 2.23. The van der Waals surface area contributed by atoms with Crippen molar-refractivity contribution in [3.05, 3.63) is 27.2 Å². The molecule has 0 saturated carbocycles. The molecule has 0 spiro atoms. The van der Waals surface area contributed by atoms with Gasteiger partial charge in [-0.1, -0.05) is 34.8 Å². The van der Waals surface area contributed by atoms with Gasteiger partial charge in [0, 0.05) is 0 Å². The van der Waals surface area contributed by atoms with Crippen LogP contribution in [0.25, 0.3) is 0 Å². The Morgan fingerprint density at radius 2 is 1.72 bits per heavy atom. The molecule has 18 heavy (non-hydrogen) atoms. The molecule has 1 fully saturated rings. The first-order valence-corrected chi connectivity index (χ1v) is 8.03. The zero-order valence-electron chi connectivity index (χ0n) is 9.03. The zero-order valence-corrected chi connectivity index (χ0v) is 12.1. The highest BCUT2D eigenvalue weighted by Gasteiger charge is 2.36. The lowest BCUT2D eigenvalue weighted by molar-refractivity contribution is 0.190. The van der Waals surface area contributed by atoms with Crippen LogP contribution in [0.15, 0.2) is 12.1 Å². The number of aliphatic hydroxyl groups is 1. The molecular weight excluding hydrogens is 321 g/mol. The molecule has 1 aromatic rings. The van der Waals surface area contributed by atoms with Gasteiger partial charge in [-0.15, -0.1) is 0 Å². The molecule has 2 N–H and O–H groups in total. The summed E-state index contributed by atoms with van der Waals surface area (Å²) >= 11 is 17.6. The Bertz CT molecular complexity index is 576. The zero-order chi connectivity index (χ0) is 13.5. The molecule has 4 nitrogen and oxygen atoms in total. The molecule has 2 atom stereocenters. The second kappa shape index (κ2) is 5.06. The van der Waals surface area contributed by atoms with Crippen LogP contribution in [0.4, 0.5) is 5.69 Å². The van der Waals surface area contributed by atoms with Gasteiger partial charge in [-0.2, -0.15) is 0 Å². The minimum Gasteiger partial charge on any atom is -0.390 e. The smallest absolute Gasteiger partial charge is 0.155 e. The van der Waals surface area contributed by atoms with Crippen LogP contribution in [-0.4, -0.2) is 37.2 Å². The van der Waals surface area contributed by atoms with Gasteiger partial charge in [0.2, 0.25) is 0 Å². The summed E-state index contributed by atoms with van der Waals surface area (Å²) in [6.07, 6.45) is -0.958. The van der Waals surface area contributed by atoms with E-state index >= 15 is 0 Å². The highest BCUT2D eigenvalue weighted by molar-refractivity contribution is 7.91. The topological polar surface area (TPSA) is 66.4 Å². The molecular formula is C10H10Cl3NO3S. The number of hydrogen-bond donors (Lipinski definition) is 2. The van der Waals surface area contributed by atoms with Crippen molar-refractivity contribution in [3.8, 4) is 0 Å². The van der Waals surface area contributed by atoms with Crippen LogP contribution in [-0.2, 0) is 9.84 Å². The van der Waals surface area contributed by atoms with Crippen molar-refractivity contribution in [3.63, 3.8) is 0 Å². The molecule has 1 saturated heterocycles. The number of hydrogen-bond acceptors (Lipinski definition) is 4. The summed E-state index contributed by atoms with van der Waals surface area (Å²) < 4.78 is 22.7. The van der Waals surface area contributed by atoms with E-state index in [0.717, 1.165) is 0 Å². The third kappa shape index (κ3) is 3.03. The van der Waals surface area contributed by atoms with Gasteiger partial charge in [0.05, 0.1) is 44.4 Å². The third-order valence-electron chi connectivity index (χ3n) is 2.67. The number of nitrogens with one attached hydrogen (secondary N) is 1. The molecule has 0 radical (unpaired) electrons. The number of rotatable bonds is 2. The van der Waals surface area contributed by atoms with E-state index in [1.54, 1.807) is 0 Å². The lowest BCUT2D eigenvalue weighted by Gasteiger charge is -2.17. The number of aliphatic hydroxyl groups excluding tert-OH is 1. The highest BCUT2D eigenvalue weighted by atomic mass is 35.5. The fourth-order valence-corrected chi connectivity index (χ4v) is 4.14. The summed E-state index contributed by atoms with van der Waals surface area (Å²) in [5.41, 5.74) is 0.451. The molecule has 0 unspecified atom stereocenters. The van der Waals surface area contributed by atoms with Crippen LogP contribution >= 0.6 is 34.8 Å². The minimum atomic E-state index is -3.21. The number of anilines is 1. The molecule has 2 rings (SSSR count). The van der Waals surface area contributed by atoms with E-state index in [-0.39, 0.29) is 11.5 Å². The first-order chi connectivity index (χ1) is 8.28. The van der Waals surface area contributed by atoms with Crippen LogP contribution in [0.3, 0.4) is 0 Å². The summed E-state index contributed by atoms with van der Waals surface area (Å²) in [4.78, 5) is 0. The molecule has 1 aliphatic rings. The monoisotopic (exact) mass is 329 g/mol. The third-order valence-corrected chi connectivity index (χ3v) is 5.42. The fourth-order valence-electron chi connectivity index (χ4n) is 1.80. The largest absolute Gasteiger partial charge is 0.390 e. The van der Waals surface area contributed by atoms with E-state index in [0.29, 0.717) is 20.8 Å². The fraction of sp³-hybridized carbons (Fsp3) is 0.400. The summed E-state index contributed by atoms with van der Waals surface area (Å²) in [5.74, 6) is -0.381.